The highest BCUT2D eigenvalue weighted by Gasteiger charge is 2.22. The quantitative estimate of drug-likeness (QED) is 0.826. The number of hydrogen-bond acceptors (Lipinski definition) is 3. The average Bonchev–Trinajstić information content (AvgIpc) is 2.30. The van der Waals surface area contributed by atoms with Gasteiger partial charge in [-0.25, -0.2) is 0 Å². The largest absolute Gasteiger partial charge is 0.489 e. The molecule has 2 rings (SSSR count). The van der Waals surface area contributed by atoms with Crippen molar-refractivity contribution in [1.82, 2.24) is 0 Å². The van der Waals surface area contributed by atoms with Crippen LogP contribution in [0.25, 0.3) is 0 Å². The predicted molar refractivity (Wildman–Crippen MR) is 60.0 cm³/mol. The fourth-order valence-electron chi connectivity index (χ4n) is 2.07. The van der Waals surface area contributed by atoms with E-state index in [1.165, 1.54) is 0 Å². The minimum Gasteiger partial charge on any atom is -0.489 e. The van der Waals surface area contributed by atoms with Gasteiger partial charge in [-0.2, -0.15) is 5.26 Å². The Balaban J connectivity index is 2.06. The van der Waals surface area contributed by atoms with Crippen LogP contribution >= 0.6 is 0 Å². The molecule has 84 valence electrons. The lowest BCUT2D eigenvalue weighted by molar-refractivity contribution is 0.0535. The first-order valence-electron chi connectivity index (χ1n) is 5.63. The van der Waals surface area contributed by atoms with E-state index in [0.717, 1.165) is 19.3 Å². The maximum atomic E-state index is 9.54. The van der Waals surface area contributed by atoms with Crippen LogP contribution in [0, 0.1) is 11.3 Å². The van der Waals surface area contributed by atoms with E-state index in [9.17, 15) is 5.11 Å². The molecule has 0 aromatic heterocycles. The van der Waals surface area contributed by atoms with Crippen molar-refractivity contribution in [2.75, 3.05) is 0 Å². The zero-order chi connectivity index (χ0) is 11.4. The third-order valence-electron chi connectivity index (χ3n) is 2.90. The number of nitriles is 1. The van der Waals surface area contributed by atoms with Crippen LogP contribution in [-0.4, -0.2) is 17.3 Å². The van der Waals surface area contributed by atoms with E-state index in [2.05, 4.69) is 6.07 Å². The summed E-state index contributed by atoms with van der Waals surface area (Å²) in [6, 6.07) is 9.34. The van der Waals surface area contributed by atoms with Gasteiger partial charge in [-0.1, -0.05) is 12.1 Å². The van der Waals surface area contributed by atoms with Crippen molar-refractivity contribution in [3.05, 3.63) is 29.8 Å². The molecule has 3 heteroatoms. The normalized spacial score (nSPS) is 24.8. The summed E-state index contributed by atoms with van der Waals surface area (Å²) in [6.45, 7) is 0. The summed E-state index contributed by atoms with van der Waals surface area (Å²) < 4.78 is 5.77. The molecule has 2 atom stereocenters. The zero-order valence-corrected chi connectivity index (χ0v) is 9.10. The van der Waals surface area contributed by atoms with E-state index < -0.39 is 0 Å². The number of nitrogens with zero attached hydrogens (tertiary/aromatic N) is 1. The molecule has 1 saturated carbocycles. The molecule has 0 aliphatic heterocycles. The van der Waals surface area contributed by atoms with Gasteiger partial charge in [-0.3, -0.25) is 0 Å². The van der Waals surface area contributed by atoms with Crippen molar-refractivity contribution in [1.29, 1.82) is 5.26 Å². The Morgan fingerprint density at radius 2 is 2.12 bits per heavy atom. The molecule has 0 bridgehead atoms. The fraction of sp³-hybridized carbons (Fsp3) is 0.462. The van der Waals surface area contributed by atoms with Crippen molar-refractivity contribution in [2.45, 2.75) is 37.9 Å². The van der Waals surface area contributed by atoms with Crippen LogP contribution in [0.3, 0.4) is 0 Å². The van der Waals surface area contributed by atoms with E-state index in [-0.39, 0.29) is 12.2 Å². The number of benzene rings is 1. The molecule has 1 N–H and O–H groups in total. The summed E-state index contributed by atoms with van der Waals surface area (Å²) in [5.41, 5.74) is 0.558. The topological polar surface area (TPSA) is 53.2 Å². The molecule has 0 saturated heterocycles. The Labute approximate surface area is 95.3 Å². The highest BCUT2D eigenvalue weighted by Crippen LogP contribution is 2.25. The van der Waals surface area contributed by atoms with Crippen LogP contribution in [0.5, 0.6) is 5.75 Å². The second-order valence-corrected chi connectivity index (χ2v) is 4.17. The van der Waals surface area contributed by atoms with E-state index in [1.807, 2.05) is 12.1 Å². The second kappa shape index (κ2) is 5.00. The molecule has 1 aromatic rings. The highest BCUT2D eigenvalue weighted by atomic mass is 16.5. The molecular weight excluding hydrogens is 202 g/mol. The van der Waals surface area contributed by atoms with Crippen LogP contribution < -0.4 is 4.74 Å². The van der Waals surface area contributed by atoms with Crippen LogP contribution in [0.1, 0.15) is 31.2 Å². The van der Waals surface area contributed by atoms with Crippen LogP contribution in [0.4, 0.5) is 0 Å². The first-order chi connectivity index (χ1) is 7.79. The lowest BCUT2D eigenvalue weighted by atomic mass is 9.95. The number of aliphatic hydroxyl groups excluding tert-OH is 1. The first kappa shape index (κ1) is 11.0. The third-order valence-corrected chi connectivity index (χ3v) is 2.90. The molecule has 2 unspecified atom stereocenters. The van der Waals surface area contributed by atoms with Crippen molar-refractivity contribution in [3.8, 4) is 11.8 Å². The van der Waals surface area contributed by atoms with E-state index in [4.69, 9.17) is 10.00 Å². The Morgan fingerprint density at radius 1 is 1.31 bits per heavy atom. The van der Waals surface area contributed by atoms with Crippen LogP contribution in [0.15, 0.2) is 24.3 Å². The predicted octanol–water partition coefficient (Wildman–Crippen LogP) is 2.24. The molecule has 1 aliphatic carbocycles. The summed E-state index contributed by atoms with van der Waals surface area (Å²) in [5.74, 6) is 0.629. The van der Waals surface area contributed by atoms with Gasteiger partial charge in [0.1, 0.15) is 17.9 Å². The molecular formula is C13H15NO2. The van der Waals surface area contributed by atoms with Gasteiger partial charge < -0.3 is 9.84 Å². The van der Waals surface area contributed by atoms with Gasteiger partial charge in [0.05, 0.1) is 11.7 Å². The maximum Gasteiger partial charge on any atom is 0.137 e. The average molecular weight is 217 g/mol. The smallest absolute Gasteiger partial charge is 0.137 e. The van der Waals surface area contributed by atoms with E-state index in [0.29, 0.717) is 17.7 Å². The van der Waals surface area contributed by atoms with Gasteiger partial charge in [0, 0.05) is 6.42 Å². The number of rotatable bonds is 2. The Bertz CT molecular complexity index is 397. The number of ether oxygens (including phenoxy) is 1. The maximum absolute atomic E-state index is 9.54. The van der Waals surface area contributed by atoms with Crippen LogP contribution in [-0.2, 0) is 0 Å². The van der Waals surface area contributed by atoms with Gasteiger partial charge >= 0.3 is 0 Å². The van der Waals surface area contributed by atoms with Gasteiger partial charge in [0.2, 0.25) is 0 Å². The number of aliphatic hydroxyl groups is 1. The van der Waals surface area contributed by atoms with E-state index in [1.54, 1.807) is 12.1 Å². The van der Waals surface area contributed by atoms with Crippen molar-refractivity contribution in [2.24, 2.45) is 0 Å². The molecule has 16 heavy (non-hydrogen) atoms. The lowest BCUT2D eigenvalue weighted by Gasteiger charge is -2.26. The van der Waals surface area contributed by atoms with Crippen LogP contribution in [0.2, 0.25) is 0 Å². The fourth-order valence-corrected chi connectivity index (χ4v) is 2.07. The minimum atomic E-state index is -0.256. The van der Waals surface area contributed by atoms with Gasteiger partial charge in [-0.15, -0.1) is 0 Å². The molecule has 0 heterocycles. The Hall–Kier alpha value is -1.53. The van der Waals surface area contributed by atoms with Gasteiger partial charge in [0.25, 0.3) is 0 Å². The summed E-state index contributed by atoms with van der Waals surface area (Å²) in [4.78, 5) is 0. The monoisotopic (exact) mass is 217 g/mol. The second-order valence-electron chi connectivity index (χ2n) is 4.17. The van der Waals surface area contributed by atoms with Crippen molar-refractivity contribution < 1.29 is 9.84 Å². The van der Waals surface area contributed by atoms with Gasteiger partial charge in [-0.05, 0) is 31.4 Å². The summed E-state index contributed by atoms with van der Waals surface area (Å²) in [5, 5.41) is 18.5. The van der Waals surface area contributed by atoms with Crippen molar-refractivity contribution >= 4 is 0 Å². The molecule has 1 fully saturated rings. The SMILES string of the molecule is N#Cc1ccccc1OC1CCCC(O)C1. The highest BCUT2D eigenvalue weighted by molar-refractivity contribution is 5.42. The summed E-state index contributed by atoms with van der Waals surface area (Å²) >= 11 is 0. The van der Waals surface area contributed by atoms with Gasteiger partial charge in [0.15, 0.2) is 0 Å². The molecule has 1 aliphatic rings. The standard InChI is InChI=1S/C13H15NO2/c14-9-10-4-1-2-7-13(10)16-12-6-3-5-11(15)8-12/h1-2,4,7,11-12,15H,3,5-6,8H2. The summed E-state index contributed by atoms with van der Waals surface area (Å²) in [7, 11) is 0. The molecule has 0 amide bonds. The molecule has 0 radical (unpaired) electrons. The number of para-hydroxylation sites is 1. The molecule has 1 aromatic carbocycles. The lowest BCUT2D eigenvalue weighted by Crippen LogP contribution is -2.28. The number of hydrogen-bond donors (Lipinski definition) is 1. The Kier molecular flexibility index (Phi) is 3.43. The zero-order valence-electron chi connectivity index (χ0n) is 9.10. The third kappa shape index (κ3) is 2.53. The summed E-state index contributed by atoms with van der Waals surface area (Å²) in [6.07, 6.45) is 3.25. The molecule has 3 nitrogen and oxygen atoms in total. The molecule has 0 spiro atoms. The van der Waals surface area contributed by atoms with Crippen molar-refractivity contribution in [3.63, 3.8) is 0 Å². The first-order valence-corrected chi connectivity index (χ1v) is 5.63. The Morgan fingerprint density at radius 3 is 2.88 bits per heavy atom. The van der Waals surface area contributed by atoms with E-state index >= 15 is 0 Å². The minimum absolute atomic E-state index is 0.0400.